The number of carbonyl (C=O) groups is 1. The van der Waals surface area contributed by atoms with Gasteiger partial charge in [-0.2, -0.15) is 0 Å². The number of methoxy groups -OCH3 is 1. The lowest BCUT2D eigenvalue weighted by Crippen LogP contribution is -2.37. The molecule has 0 saturated heterocycles. The first kappa shape index (κ1) is 20.0. The van der Waals surface area contributed by atoms with Crippen LogP contribution in [0.3, 0.4) is 0 Å². The van der Waals surface area contributed by atoms with Crippen molar-refractivity contribution in [2.24, 2.45) is 0 Å². The Morgan fingerprint density at radius 2 is 1.96 bits per heavy atom. The maximum atomic E-state index is 12.4. The SMILES string of the molecule is COc1cc(O)c2c(c1)OCC[C@H](O)[C@H](O)C(O)/C=C\C[C@@H](C)OC2=O. The molecule has 0 aromatic heterocycles. The zero-order valence-electron chi connectivity index (χ0n) is 14.7. The standard InChI is InChI=1S/C18H24O8/c1-10-4-3-5-12(19)17(22)13(20)6-7-25-15-9-11(24-2)8-14(21)16(15)18(23)26-10/h3,5,8-10,12-13,17,19-22H,4,6-7H2,1-2H3/b5-3-/t10-,12?,13+,17-/m1/s1. The topological polar surface area (TPSA) is 126 Å². The number of phenols is 1. The van der Waals surface area contributed by atoms with E-state index in [9.17, 15) is 25.2 Å². The predicted molar refractivity (Wildman–Crippen MR) is 91.4 cm³/mol. The van der Waals surface area contributed by atoms with Gasteiger partial charge in [-0.05, 0) is 6.92 Å². The molecule has 0 saturated carbocycles. The van der Waals surface area contributed by atoms with E-state index in [0.29, 0.717) is 0 Å². The molecular weight excluding hydrogens is 344 g/mol. The summed E-state index contributed by atoms with van der Waals surface area (Å²) >= 11 is 0. The third-order valence-electron chi connectivity index (χ3n) is 4.02. The summed E-state index contributed by atoms with van der Waals surface area (Å²) < 4.78 is 15.9. The van der Waals surface area contributed by atoms with Crippen LogP contribution in [0.25, 0.3) is 0 Å². The molecule has 0 fully saturated rings. The number of carbonyl (C=O) groups excluding carboxylic acids is 1. The van der Waals surface area contributed by atoms with Crippen molar-refractivity contribution in [3.63, 3.8) is 0 Å². The molecule has 8 nitrogen and oxygen atoms in total. The van der Waals surface area contributed by atoms with Gasteiger partial charge in [0.25, 0.3) is 0 Å². The van der Waals surface area contributed by atoms with Crippen LogP contribution < -0.4 is 9.47 Å². The number of rotatable bonds is 1. The van der Waals surface area contributed by atoms with Crippen LogP contribution in [0.4, 0.5) is 0 Å². The summed E-state index contributed by atoms with van der Waals surface area (Å²) in [5, 5.41) is 39.9. The minimum absolute atomic E-state index is 0.00503. The van der Waals surface area contributed by atoms with E-state index in [1.54, 1.807) is 13.0 Å². The maximum Gasteiger partial charge on any atom is 0.346 e. The number of ether oxygens (including phenoxy) is 3. The fraction of sp³-hybridized carbons (Fsp3) is 0.500. The Morgan fingerprint density at radius 1 is 1.23 bits per heavy atom. The molecule has 0 aliphatic carbocycles. The lowest BCUT2D eigenvalue weighted by molar-refractivity contribution is -0.0480. The van der Waals surface area contributed by atoms with Gasteiger partial charge in [0.1, 0.15) is 41.1 Å². The van der Waals surface area contributed by atoms with E-state index in [1.165, 1.54) is 25.3 Å². The van der Waals surface area contributed by atoms with Gasteiger partial charge in [-0.25, -0.2) is 4.79 Å². The first-order valence-electron chi connectivity index (χ1n) is 8.29. The summed E-state index contributed by atoms with van der Waals surface area (Å²) in [5.41, 5.74) is -0.145. The van der Waals surface area contributed by atoms with Gasteiger partial charge in [-0.15, -0.1) is 0 Å². The van der Waals surface area contributed by atoms with Gasteiger partial charge < -0.3 is 34.6 Å². The normalized spacial score (nSPS) is 28.9. The smallest absolute Gasteiger partial charge is 0.346 e. The van der Waals surface area contributed by atoms with Crippen molar-refractivity contribution in [2.75, 3.05) is 13.7 Å². The molecular formula is C18H24O8. The molecule has 1 unspecified atom stereocenters. The van der Waals surface area contributed by atoms with E-state index >= 15 is 0 Å². The molecule has 1 aliphatic rings. The van der Waals surface area contributed by atoms with E-state index in [4.69, 9.17) is 14.2 Å². The van der Waals surface area contributed by atoms with Crippen LogP contribution >= 0.6 is 0 Å². The molecule has 8 heteroatoms. The monoisotopic (exact) mass is 368 g/mol. The Balaban J connectivity index is 2.35. The molecule has 1 aromatic rings. The average Bonchev–Trinajstić information content (AvgIpc) is 2.59. The molecule has 0 amide bonds. The second kappa shape index (κ2) is 8.88. The molecule has 1 aliphatic heterocycles. The van der Waals surface area contributed by atoms with Crippen LogP contribution in [0, 0.1) is 0 Å². The summed E-state index contributed by atoms with van der Waals surface area (Å²) in [5.74, 6) is -0.800. The lowest BCUT2D eigenvalue weighted by atomic mass is 10.0. The molecule has 0 bridgehead atoms. The van der Waals surface area contributed by atoms with Gasteiger partial charge in [0, 0.05) is 25.0 Å². The zero-order valence-corrected chi connectivity index (χ0v) is 14.7. The van der Waals surface area contributed by atoms with Gasteiger partial charge in [-0.3, -0.25) is 0 Å². The number of hydrogen-bond donors (Lipinski definition) is 4. The van der Waals surface area contributed by atoms with Crippen molar-refractivity contribution in [3.8, 4) is 17.2 Å². The van der Waals surface area contributed by atoms with Crippen molar-refractivity contribution >= 4 is 5.97 Å². The van der Waals surface area contributed by atoms with E-state index in [-0.39, 0.29) is 42.3 Å². The van der Waals surface area contributed by atoms with Crippen LogP contribution in [0.1, 0.15) is 30.1 Å². The summed E-state index contributed by atoms with van der Waals surface area (Å²) in [7, 11) is 1.40. The number of benzene rings is 1. The number of phenolic OH excluding ortho intramolecular Hbond substituents is 1. The maximum absolute atomic E-state index is 12.4. The third-order valence-corrected chi connectivity index (χ3v) is 4.02. The number of hydrogen-bond acceptors (Lipinski definition) is 8. The number of fused-ring (bicyclic) bond motifs is 1. The average molecular weight is 368 g/mol. The number of cyclic esters (lactones) is 1. The van der Waals surface area contributed by atoms with Crippen molar-refractivity contribution in [1.82, 2.24) is 0 Å². The van der Waals surface area contributed by atoms with E-state index < -0.39 is 30.4 Å². The van der Waals surface area contributed by atoms with Crippen LogP contribution in [0.5, 0.6) is 17.2 Å². The van der Waals surface area contributed by atoms with E-state index in [2.05, 4.69) is 0 Å². The Labute approximate surface area is 151 Å². The predicted octanol–water partition coefficient (Wildman–Crippen LogP) is 0.758. The second-order valence-corrected chi connectivity index (χ2v) is 6.09. The number of aliphatic hydroxyl groups excluding tert-OH is 3. The minimum atomic E-state index is -1.38. The summed E-state index contributed by atoms with van der Waals surface area (Å²) in [4.78, 5) is 12.4. The number of esters is 1. The van der Waals surface area contributed by atoms with E-state index in [1.807, 2.05) is 0 Å². The summed E-state index contributed by atoms with van der Waals surface area (Å²) in [6.45, 7) is 1.57. The molecule has 1 aromatic carbocycles. The first-order chi connectivity index (χ1) is 12.3. The highest BCUT2D eigenvalue weighted by atomic mass is 16.5. The van der Waals surface area contributed by atoms with Crippen LogP contribution in [-0.4, -0.2) is 64.5 Å². The minimum Gasteiger partial charge on any atom is -0.507 e. The molecule has 1 heterocycles. The summed E-state index contributed by atoms with van der Waals surface area (Å²) in [6, 6.07) is 2.69. The van der Waals surface area contributed by atoms with Gasteiger partial charge in [0.05, 0.1) is 19.8 Å². The Hall–Kier alpha value is -2.29. The highest BCUT2D eigenvalue weighted by molar-refractivity contribution is 5.96. The quantitative estimate of drug-likeness (QED) is 0.423. The fourth-order valence-corrected chi connectivity index (χ4v) is 2.51. The zero-order chi connectivity index (χ0) is 19.3. The van der Waals surface area contributed by atoms with Crippen molar-refractivity contribution in [3.05, 3.63) is 29.8 Å². The molecule has 4 atom stereocenters. The molecule has 0 spiro atoms. The van der Waals surface area contributed by atoms with Crippen LogP contribution in [0.2, 0.25) is 0 Å². The number of aromatic hydroxyl groups is 1. The molecule has 4 N–H and O–H groups in total. The van der Waals surface area contributed by atoms with Crippen molar-refractivity contribution < 1.29 is 39.4 Å². The van der Waals surface area contributed by atoms with Crippen molar-refractivity contribution in [2.45, 2.75) is 44.2 Å². The van der Waals surface area contributed by atoms with Crippen LogP contribution in [-0.2, 0) is 4.74 Å². The fourth-order valence-electron chi connectivity index (χ4n) is 2.51. The Morgan fingerprint density at radius 3 is 2.65 bits per heavy atom. The molecule has 26 heavy (non-hydrogen) atoms. The van der Waals surface area contributed by atoms with Gasteiger partial charge in [-0.1, -0.05) is 12.2 Å². The Kier molecular flexibility index (Phi) is 6.84. The lowest BCUT2D eigenvalue weighted by Gasteiger charge is -2.22. The molecule has 2 rings (SSSR count). The highest BCUT2D eigenvalue weighted by Crippen LogP contribution is 2.34. The molecule has 0 radical (unpaired) electrons. The Bertz CT molecular complexity index is 657. The molecule has 144 valence electrons. The van der Waals surface area contributed by atoms with Crippen LogP contribution in [0.15, 0.2) is 24.3 Å². The van der Waals surface area contributed by atoms with Gasteiger partial charge >= 0.3 is 5.97 Å². The van der Waals surface area contributed by atoms with E-state index in [0.717, 1.165) is 0 Å². The number of aliphatic hydroxyl groups is 3. The van der Waals surface area contributed by atoms with Crippen molar-refractivity contribution in [1.29, 1.82) is 0 Å². The first-order valence-corrected chi connectivity index (χ1v) is 8.29. The second-order valence-electron chi connectivity index (χ2n) is 6.09. The van der Waals surface area contributed by atoms with Gasteiger partial charge in [0.2, 0.25) is 0 Å². The largest absolute Gasteiger partial charge is 0.507 e. The third kappa shape index (κ3) is 4.87. The highest BCUT2D eigenvalue weighted by Gasteiger charge is 2.26. The van der Waals surface area contributed by atoms with Gasteiger partial charge in [0.15, 0.2) is 0 Å². The summed E-state index contributed by atoms with van der Waals surface area (Å²) in [6.07, 6.45) is -1.26.